The Balaban J connectivity index is 1.68. The van der Waals surface area contributed by atoms with Gasteiger partial charge in [-0.3, -0.25) is 9.80 Å². The van der Waals surface area contributed by atoms with Crippen LogP contribution in [0.25, 0.3) is 0 Å². The smallest absolute Gasteiger partial charge is 0.105 e. The van der Waals surface area contributed by atoms with Gasteiger partial charge in [0.25, 0.3) is 0 Å². The molecule has 1 saturated carbocycles. The van der Waals surface area contributed by atoms with Crippen LogP contribution in [0.4, 0.5) is 0 Å². The predicted molar refractivity (Wildman–Crippen MR) is 89.9 cm³/mol. The lowest BCUT2D eigenvalue weighted by Gasteiger charge is -2.41. The Labute approximate surface area is 134 Å². The van der Waals surface area contributed by atoms with E-state index in [0.29, 0.717) is 12.6 Å². The molecule has 5 nitrogen and oxygen atoms in total. The number of aromatic nitrogens is 2. The van der Waals surface area contributed by atoms with E-state index in [0.717, 1.165) is 30.6 Å². The van der Waals surface area contributed by atoms with Gasteiger partial charge in [-0.1, -0.05) is 12.8 Å². The summed E-state index contributed by atoms with van der Waals surface area (Å²) in [5.74, 6) is 1.08. The maximum Gasteiger partial charge on any atom is 0.105 e. The zero-order valence-electron chi connectivity index (χ0n) is 14.4. The Hall–Kier alpha value is -0.910. The van der Waals surface area contributed by atoms with Gasteiger partial charge in [0.15, 0.2) is 0 Å². The molecule has 1 aromatic rings. The molecule has 5 heteroatoms. The third-order valence-corrected chi connectivity index (χ3v) is 5.72. The minimum Gasteiger partial charge on any atom is -0.334 e. The first kappa shape index (κ1) is 16.0. The second-order valence-corrected chi connectivity index (χ2v) is 6.95. The van der Waals surface area contributed by atoms with Crippen LogP contribution in [-0.2, 0) is 7.05 Å². The molecule has 1 saturated heterocycles. The number of nitrogens with zero attached hydrogens (tertiary/aromatic N) is 4. The fourth-order valence-electron chi connectivity index (χ4n) is 4.37. The summed E-state index contributed by atoms with van der Waals surface area (Å²) in [7, 11) is 2.11. The molecule has 1 atom stereocenters. The summed E-state index contributed by atoms with van der Waals surface area (Å²) in [6, 6.07) is 1.15. The molecule has 3 rings (SSSR count). The van der Waals surface area contributed by atoms with E-state index >= 15 is 0 Å². The third kappa shape index (κ3) is 2.94. The van der Waals surface area contributed by atoms with Gasteiger partial charge in [0.2, 0.25) is 0 Å². The number of nitrogens with two attached hydrogens (primary N) is 1. The normalized spacial score (nSPS) is 23.3. The van der Waals surface area contributed by atoms with Crippen molar-refractivity contribution in [1.29, 1.82) is 0 Å². The van der Waals surface area contributed by atoms with E-state index in [-0.39, 0.29) is 0 Å². The fraction of sp³-hybridized carbons (Fsp3) is 0.824. The highest BCUT2D eigenvalue weighted by Gasteiger charge is 2.31. The second kappa shape index (κ2) is 6.69. The number of piperazine rings is 1. The number of rotatable bonds is 4. The molecule has 0 aromatic carbocycles. The van der Waals surface area contributed by atoms with Crippen LogP contribution in [0.3, 0.4) is 0 Å². The molecule has 0 spiro atoms. The number of aryl methyl sites for hydroxylation is 2. The summed E-state index contributed by atoms with van der Waals surface area (Å²) in [4.78, 5) is 9.89. The van der Waals surface area contributed by atoms with Gasteiger partial charge in [-0.15, -0.1) is 0 Å². The van der Waals surface area contributed by atoms with Crippen LogP contribution in [0, 0.1) is 13.8 Å². The number of hydrogen-bond donors (Lipinski definition) is 1. The summed E-state index contributed by atoms with van der Waals surface area (Å²) < 4.78 is 2.22. The molecular formula is C17H31N5. The molecule has 1 aliphatic carbocycles. The summed E-state index contributed by atoms with van der Waals surface area (Å²) in [5, 5.41) is 0. The van der Waals surface area contributed by atoms with Gasteiger partial charge < -0.3 is 10.3 Å². The van der Waals surface area contributed by atoms with Gasteiger partial charge in [0.05, 0.1) is 17.4 Å². The van der Waals surface area contributed by atoms with E-state index in [9.17, 15) is 0 Å². The molecule has 2 N–H and O–H groups in total. The Morgan fingerprint density at radius 3 is 2.27 bits per heavy atom. The van der Waals surface area contributed by atoms with Crippen LogP contribution in [0.2, 0.25) is 0 Å². The molecular weight excluding hydrogens is 274 g/mol. The fourth-order valence-corrected chi connectivity index (χ4v) is 4.37. The molecule has 22 heavy (non-hydrogen) atoms. The van der Waals surface area contributed by atoms with Gasteiger partial charge >= 0.3 is 0 Å². The molecule has 0 bridgehead atoms. The lowest BCUT2D eigenvalue weighted by atomic mass is 10.1. The standard InChI is InChI=1S/C17H31N5/c1-13-17(20(3)14(2)19-13)16(12-18)22-10-8-21(9-11-22)15-6-4-5-7-15/h15-16H,4-12,18H2,1-3H3. The molecule has 1 unspecified atom stereocenters. The Bertz CT molecular complexity index is 495. The number of imidazole rings is 1. The van der Waals surface area contributed by atoms with Gasteiger partial charge in [0.1, 0.15) is 5.82 Å². The van der Waals surface area contributed by atoms with Gasteiger partial charge in [-0.2, -0.15) is 0 Å². The van der Waals surface area contributed by atoms with Crippen LogP contribution in [0.1, 0.15) is 48.9 Å². The van der Waals surface area contributed by atoms with E-state index < -0.39 is 0 Å². The van der Waals surface area contributed by atoms with Crippen molar-refractivity contribution in [2.45, 2.75) is 51.6 Å². The quantitative estimate of drug-likeness (QED) is 0.918. The van der Waals surface area contributed by atoms with Gasteiger partial charge in [-0.25, -0.2) is 4.98 Å². The second-order valence-electron chi connectivity index (χ2n) is 6.95. The van der Waals surface area contributed by atoms with Crippen molar-refractivity contribution in [1.82, 2.24) is 19.4 Å². The van der Waals surface area contributed by atoms with E-state index in [1.54, 1.807) is 0 Å². The molecule has 0 radical (unpaired) electrons. The summed E-state index contributed by atoms with van der Waals surface area (Å²) in [5.41, 5.74) is 8.58. The van der Waals surface area contributed by atoms with Crippen molar-refractivity contribution in [3.05, 3.63) is 17.2 Å². The highest BCUT2D eigenvalue weighted by atomic mass is 15.3. The summed E-state index contributed by atoms with van der Waals surface area (Å²) in [6.07, 6.45) is 5.65. The molecule has 124 valence electrons. The lowest BCUT2D eigenvalue weighted by Crippen LogP contribution is -2.51. The SMILES string of the molecule is Cc1nc(C)n(C)c1C(CN)N1CCN(C2CCCC2)CC1. The topological polar surface area (TPSA) is 50.3 Å². The molecule has 2 heterocycles. The van der Waals surface area contributed by atoms with Crippen molar-refractivity contribution >= 4 is 0 Å². The van der Waals surface area contributed by atoms with E-state index in [2.05, 4.69) is 40.2 Å². The monoisotopic (exact) mass is 305 g/mol. The lowest BCUT2D eigenvalue weighted by molar-refractivity contribution is 0.0700. The van der Waals surface area contributed by atoms with Crippen LogP contribution in [-0.4, -0.2) is 58.1 Å². The van der Waals surface area contributed by atoms with Gasteiger partial charge in [-0.05, 0) is 26.7 Å². The van der Waals surface area contributed by atoms with E-state index in [4.69, 9.17) is 5.73 Å². The van der Waals surface area contributed by atoms with Crippen molar-refractivity contribution in [2.24, 2.45) is 12.8 Å². The maximum absolute atomic E-state index is 6.14. The predicted octanol–water partition coefficient (Wildman–Crippen LogP) is 1.60. The average molecular weight is 305 g/mol. The minimum absolute atomic E-state index is 0.303. The zero-order valence-corrected chi connectivity index (χ0v) is 14.4. The van der Waals surface area contributed by atoms with Crippen molar-refractivity contribution in [3.8, 4) is 0 Å². The van der Waals surface area contributed by atoms with Crippen LogP contribution < -0.4 is 5.73 Å². The molecule has 2 fully saturated rings. The summed E-state index contributed by atoms with van der Waals surface area (Å²) >= 11 is 0. The first-order valence-electron chi connectivity index (χ1n) is 8.79. The average Bonchev–Trinajstić information content (AvgIpc) is 3.13. The van der Waals surface area contributed by atoms with Gasteiger partial charge in [0, 0.05) is 45.8 Å². The Morgan fingerprint density at radius 2 is 1.77 bits per heavy atom. The Kier molecular flexibility index (Phi) is 4.85. The van der Waals surface area contributed by atoms with E-state index in [1.165, 1.54) is 44.5 Å². The maximum atomic E-state index is 6.14. The van der Waals surface area contributed by atoms with Crippen molar-refractivity contribution in [2.75, 3.05) is 32.7 Å². The molecule has 1 aromatic heterocycles. The minimum atomic E-state index is 0.303. The van der Waals surface area contributed by atoms with Crippen molar-refractivity contribution in [3.63, 3.8) is 0 Å². The number of hydrogen-bond acceptors (Lipinski definition) is 4. The third-order valence-electron chi connectivity index (χ3n) is 5.72. The molecule has 0 amide bonds. The Morgan fingerprint density at radius 1 is 1.14 bits per heavy atom. The first-order valence-corrected chi connectivity index (χ1v) is 8.79. The van der Waals surface area contributed by atoms with Crippen molar-refractivity contribution < 1.29 is 0 Å². The largest absolute Gasteiger partial charge is 0.334 e. The molecule has 2 aliphatic rings. The first-order chi connectivity index (χ1) is 10.6. The van der Waals surface area contributed by atoms with E-state index in [1.807, 2.05) is 0 Å². The van der Waals surface area contributed by atoms with Crippen LogP contribution >= 0.6 is 0 Å². The highest BCUT2D eigenvalue weighted by Crippen LogP contribution is 2.28. The van der Waals surface area contributed by atoms with Crippen LogP contribution in [0.15, 0.2) is 0 Å². The van der Waals surface area contributed by atoms with Crippen LogP contribution in [0.5, 0.6) is 0 Å². The zero-order chi connectivity index (χ0) is 15.7. The highest BCUT2D eigenvalue weighted by molar-refractivity contribution is 5.20. The summed E-state index contributed by atoms with van der Waals surface area (Å²) in [6.45, 7) is 9.49. The molecule has 1 aliphatic heterocycles.